The second-order valence-electron chi connectivity index (χ2n) is 8.62. The lowest BCUT2D eigenvalue weighted by Gasteiger charge is -2.35. The van der Waals surface area contributed by atoms with Crippen LogP contribution in [-0.2, 0) is 9.53 Å². The summed E-state index contributed by atoms with van der Waals surface area (Å²) in [6.45, 7) is 4.84. The molecule has 4 aromatic rings. The summed E-state index contributed by atoms with van der Waals surface area (Å²) in [4.78, 5) is 18.3. The van der Waals surface area contributed by atoms with Gasteiger partial charge in [-0.3, -0.25) is 4.79 Å². The van der Waals surface area contributed by atoms with Gasteiger partial charge in [-0.1, -0.05) is 6.07 Å². The molecular formula is C24H25N5O4. The van der Waals surface area contributed by atoms with Gasteiger partial charge < -0.3 is 24.1 Å². The molecule has 2 aliphatic heterocycles. The summed E-state index contributed by atoms with van der Waals surface area (Å²) in [7, 11) is 0. The molecule has 2 atom stereocenters. The van der Waals surface area contributed by atoms with E-state index in [0.717, 1.165) is 41.9 Å². The Morgan fingerprint density at radius 1 is 1.27 bits per heavy atom. The first-order valence-corrected chi connectivity index (χ1v) is 11.3. The minimum Gasteiger partial charge on any atom is -0.474 e. The van der Waals surface area contributed by atoms with Crippen molar-refractivity contribution in [2.24, 2.45) is 0 Å². The van der Waals surface area contributed by atoms with Crippen LogP contribution in [0, 0.1) is 0 Å². The molecule has 33 heavy (non-hydrogen) atoms. The third-order valence-electron chi connectivity index (χ3n) is 6.32. The first-order chi connectivity index (χ1) is 16.2. The molecule has 0 radical (unpaired) electrons. The zero-order valence-electron chi connectivity index (χ0n) is 18.4. The van der Waals surface area contributed by atoms with E-state index in [9.17, 15) is 4.79 Å². The number of carbonyl (C=O) groups is 1. The molecule has 9 nitrogen and oxygen atoms in total. The van der Waals surface area contributed by atoms with Crippen LogP contribution in [0.3, 0.4) is 0 Å². The van der Waals surface area contributed by atoms with E-state index in [-0.39, 0.29) is 11.9 Å². The molecule has 2 aliphatic rings. The van der Waals surface area contributed by atoms with E-state index in [4.69, 9.17) is 13.9 Å². The minimum absolute atomic E-state index is 0.0219. The maximum Gasteiger partial charge on any atom is 0.231 e. The number of amides is 1. The highest BCUT2D eigenvalue weighted by Crippen LogP contribution is 2.35. The van der Waals surface area contributed by atoms with Gasteiger partial charge in [0.2, 0.25) is 11.8 Å². The van der Waals surface area contributed by atoms with Crippen molar-refractivity contribution in [3.8, 4) is 17.3 Å². The highest BCUT2D eigenvalue weighted by molar-refractivity contribution is 5.94. The molecule has 0 unspecified atom stereocenters. The smallest absolute Gasteiger partial charge is 0.231 e. The zero-order chi connectivity index (χ0) is 22.4. The number of rotatable bonds is 5. The number of morpholine rings is 1. The number of nitrogens with zero attached hydrogens (tertiary/aromatic N) is 4. The third-order valence-corrected chi connectivity index (χ3v) is 6.32. The van der Waals surface area contributed by atoms with E-state index in [1.807, 2.05) is 18.2 Å². The minimum atomic E-state index is 0.0219. The molecule has 3 aromatic heterocycles. The molecule has 6 rings (SSSR count). The van der Waals surface area contributed by atoms with Gasteiger partial charge in [0.15, 0.2) is 11.4 Å². The third kappa shape index (κ3) is 3.68. The molecule has 1 aromatic carbocycles. The van der Waals surface area contributed by atoms with Crippen molar-refractivity contribution in [3.63, 3.8) is 0 Å². The summed E-state index contributed by atoms with van der Waals surface area (Å²) < 4.78 is 19.4. The Morgan fingerprint density at radius 3 is 3.06 bits per heavy atom. The van der Waals surface area contributed by atoms with Crippen LogP contribution in [0.15, 0.2) is 47.0 Å². The molecule has 1 amide bonds. The van der Waals surface area contributed by atoms with Gasteiger partial charge in [0.05, 0.1) is 25.5 Å². The van der Waals surface area contributed by atoms with Crippen LogP contribution < -0.4 is 15.0 Å². The van der Waals surface area contributed by atoms with Crippen molar-refractivity contribution >= 4 is 28.2 Å². The number of ether oxygens (including phenoxy) is 2. The fourth-order valence-corrected chi connectivity index (χ4v) is 4.60. The summed E-state index contributed by atoms with van der Waals surface area (Å²) in [5.41, 5.74) is 3.42. The van der Waals surface area contributed by atoms with Crippen LogP contribution in [0.5, 0.6) is 5.88 Å². The largest absolute Gasteiger partial charge is 0.474 e. The molecule has 0 saturated carbocycles. The summed E-state index contributed by atoms with van der Waals surface area (Å²) in [5.74, 6) is 1.24. The first kappa shape index (κ1) is 20.0. The van der Waals surface area contributed by atoms with Crippen LogP contribution in [0.25, 0.3) is 28.1 Å². The average Bonchev–Trinajstić information content (AvgIpc) is 3.55. The molecule has 170 valence electrons. The zero-order valence-corrected chi connectivity index (χ0v) is 18.4. The van der Waals surface area contributed by atoms with Crippen molar-refractivity contribution in [2.75, 3.05) is 31.3 Å². The second-order valence-corrected chi connectivity index (χ2v) is 8.62. The van der Waals surface area contributed by atoms with E-state index in [0.29, 0.717) is 43.0 Å². The highest BCUT2D eigenvalue weighted by atomic mass is 16.5. The SMILES string of the molecule is C[C@H]1COCCN1c1cccc2oc(-c3cnc4ccc(OC[C@H]5CCC(=O)N5)nn34)cc12. The van der Waals surface area contributed by atoms with Gasteiger partial charge >= 0.3 is 0 Å². The van der Waals surface area contributed by atoms with Crippen LogP contribution in [0.2, 0.25) is 0 Å². The Kier molecular flexibility index (Phi) is 4.91. The normalized spacial score (nSPS) is 21.1. The molecule has 1 N–H and O–H groups in total. The van der Waals surface area contributed by atoms with Crippen LogP contribution >= 0.6 is 0 Å². The molecule has 0 bridgehead atoms. The summed E-state index contributed by atoms with van der Waals surface area (Å²) in [5, 5.41) is 8.58. The van der Waals surface area contributed by atoms with Crippen molar-refractivity contribution < 1.29 is 18.7 Å². The second kappa shape index (κ2) is 8.08. The number of benzene rings is 1. The molecule has 2 fully saturated rings. The van der Waals surface area contributed by atoms with E-state index in [2.05, 4.69) is 39.4 Å². The van der Waals surface area contributed by atoms with Crippen molar-refractivity contribution in [1.29, 1.82) is 0 Å². The predicted molar refractivity (Wildman–Crippen MR) is 122 cm³/mol. The first-order valence-electron chi connectivity index (χ1n) is 11.3. The lowest BCUT2D eigenvalue weighted by atomic mass is 10.1. The van der Waals surface area contributed by atoms with Gasteiger partial charge in [0, 0.05) is 36.1 Å². The number of imidazole rings is 1. The number of nitrogens with one attached hydrogen (secondary N) is 1. The molecule has 9 heteroatoms. The number of furan rings is 1. The Morgan fingerprint density at radius 2 is 2.21 bits per heavy atom. The van der Waals surface area contributed by atoms with Crippen LogP contribution in [-0.4, -0.2) is 59.0 Å². The van der Waals surface area contributed by atoms with E-state index >= 15 is 0 Å². The Labute approximate surface area is 190 Å². The molecule has 2 saturated heterocycles. The standard InChI is InChI=1S/C24H25N5O4/c1-15-13-31-10-9-28(15)18-3-2-4-20-17(18)11-21(33-20)19-12-25-22-6-8-24(27-29(19)22)32-14-16-5-7-23(30)26-16/h2-4,6,8,11-12,15-16H,5,7,9-10,13-14H2,1H3,(H,26,30)/t15-,16+/m0/s1. The van der Waals surface area contributed by atoms with E-state index < -0.39 is 0 Å². The topological polar surface area (TPSA) is 94.1 Å². The Bertz CT molecular complexity index is 1330. The van der Waals surface area contributed by atoms with Crippen molar-refractivity contribution in [1.82, 2.24) is 19.9 Å². The summed E-state index contributed by atoms with van der Waals surface area (Å²) in [6, 6.07) is 12.2. The quantitative estimate of drug-likeness (QED) is 0.503. The fourth-order valence-electron chi connectivity index (χ4n) is 4.60. The number of anilines is 1. The highest BCUT2D eigenvalue weighted by Gasteiger charge is 2.24. The Balaban J connectivity index is 1.32. The number of hydrogen-bond donors (Lipinski definition) is 1. The lowest BCUT2D eigenvalue weighted by Crippen LogP contribution is -2.43. The maximum absolute atomic E-state index is 11.4. The molecule has 0 aliphatic carbocycles. The monoisotopic (exact) mass is 447 g/mol. The van der Waals surface area contributed by atoms with Gasteiger partial charge in [-0.05, 0) is 37.6 Å². The van der Waals surface area contributed by atoms with Gasteiger partial charge in [-0.25, -0.2) is 9.50 Å². The number of aromatic nitrogens is 3. The van der Waals surface area contributed by atoms with Crippen LogP contribution in [0.4, 0.5) is 5.69 Å². The van der Waals surface area contributed by atoms with Crippen molar-refractivity contribution in [3.05, 3.63) is 42.6 Å². The molecule has 5 heterocycles. The number of carbonyl (C=O) groups excluding carboxylic acids is 1. The number of hydrogen-bond acceptors (Lipinski definition) is 7. The number of fused-ring (bicyclic) bond motifs is 2. The van der Waals surface area contributed by atoms with Crippen LogP contribution in [0.1, 0.15) is 19.8 Å². The summed E-state index contributed by atoms with van der Waals surface area (Å²) in [6.07, 6.45) is 3.09. The van der Waals surface area contributed by atoms with Gasteiger partial charge in [0.25, 0.3) is 0 Å². The molecule has 0 spiro atoms. The predicted octanol–water partition coefficient (Wildman–Crippen LogP) is 3.03. The van der Waals surface area contributed by atoms with Gasteiger partial charge in [-0.2, -0.15) is 0 Å². The molecular weight excluding hydrogens is 422 g/mol. The average molecular weight is 447 g/mol. The maximum atomic E-state index is 11.4. The van der Waals surface area contributed by atoms with Gasteiger partial charge in [0.1, 0.15) is 17.9 Å². The summed E-state index contributed by atoms with van der Waals surface area (Å²) >= 11 is 0. The fraction of sp³-hybridized carbons (Fsp3) is 0.375. The Hall–Kier alpha value is -3.59. The van der Waals surface area contributed by atoms with Gasteiger partial charge in [-0.15, -0.1) is 5.10 Å². The lowest BCUT2D eigenvalue weighted by molar-refractivity contribution is -0.119. The van der Waals surface area contributed by atoms with E-state index in [1.165, 1.54) is 0 Å². The van der Waals surface area contributed by atoms with Crippen molar-refractivity contribution in [2.45, 2.75) is 31.8 Å². The van der Waals surface area contributed by atoms with E-state index in [1.54, 1.807) is 16.8 Å².